The molecule has 2 aromatic heterocycles. The monoisotopic (exact) mass is 255 g/mol. The molecule has 2 rings (SSSR count). The first-order chi connectivity index (χ1) is 6.25. The number of nitrogens with zero attached hydrogens (tertiary/aromatic N) is 2. The summed E-state index contributed by atoms with van der Waals surface area (Å²) in [5.41, 5.74) is 6.50. The van der Waals surface area contributed by atoms with Crippen molar-refractivity contribution in [3.05, 3.63) is 28.3 Å². The minimum atomic E-state index is 0.556. The maximum atomic E-state index is 5.52. The molecule has 13 heavy (non-hydrogen) atoms. The van der Waals surface area contributed by atoms with Crippen LogP contribution in [0.25, 0.3) is 10.6 Å². The molecule has 0 aromatic carbocycles. The first-order valence-electron chi connectivity index (χ1n) is 3.57. The smallest absolute Gasteiger partial charge is 0.135 e. The third kappa shape index (κ3) is 1.87. The first-order valence-corrected chi connectivity index (χ1v) is 5.25. The molecular formula is C8H6BrN3S. The van der Waals surface area contributed by atoms with Gasteiger partial charge in [-0.2, -0.15) is 0 Å². The van der Waals surface area contributed by atoms with E-state index in [1.54, 1.807) is 12.4 Å². The fourth-order valence-electron chi connectivity index (χ4n) is 0.948. The van der Waals surface area contributed by atoms with Crippen molar-refractivity contribution in [2.24, 2.45) is 0 Å². The molecule has 66 valence electrons. The third-order valence-electron chi connectivity index (χ3n) is 1.47. The van der Waals surface area contributed by atoms with Gasteiger partial charge in [0.25, 0.3) is 0 Å². The minimum Gasteiger partial charge on any atom is -0.383 e. The highest BCUT2D eigenvalue weighted by Gasteiger charge is 2.02. The molecular weight excluding hydrogens is 250 g/mol. The minimum absolute atomic E-state index is 0.556. The van der Waals surface area contributed by atoms with E-state index in [1.165, 1.54) is 11.3 Å². The molecule has 0 radical (unpaired) electrons. The fourth-order valence-corrected chi connectivity index (χ4v) is 2.00. The molecule has 2 N–H and O–H groups in total. The number of hydrogen-bond donors (Lipinski definition) is 1. The van der Waals surface area contributed by atoms with Crippen LogP contribution in [0.1, 0.15) is 0 Å². The summed E-state index contributed by atoms with van der Waals surface area (Å²) >= 11 is 4.86. The second kappa shape index (κ2) is 3.43. The van der Waals surface area contributed by atoms with Crippen molar-refractivity contribution in [3.8, 4) is 10.6 Å². The van der Waals surface area contributed by atoms with Crippen LogP contribution in [0.3, 0.4) is 0 Å². The molecule has 0 unspecified atom stereocenters. The topological polar surface area (TPSA) is 51.8 Å². The summed E-state index contributed by atoms with van der Waals surface area (Å²) in [7, 11) is 0. The van der Waals surface area contributed by atoms with E-state index in [2.05, 4.69) is 25.9 Å². The third-order valence-corrected chi connectivity index (χ3v) is 2.82. The number of hydrogen-bond acceptors (Lipinski definition) is 4. The van der Waals surface area contributed by atoms with Gasteiger partial charge in [0.1, 0.15) is 10.8 Å². The van der Waals surface area contributed by atoms with E-state index in [0.717, 1.165) is 15.0 Å². The SMILES string of the molecule is Nc1csc(-c2cncc(Br)c2)n1. The van der Waals surface area contributed by atoms with E-state index in [1.807, 2.05) is 11.4 Å². The van der Waals surface area contributed by atoms with Crippen molar-refractivity contribution in [1.82, 2.24) is 9.97 Å². The van der Waals surface area contributed by atoms with Gasteiger partial charge >= 0.3 is 0 Å². The van der Waals surface area contributed by atoms with Gasteiger partial charge in [0.15, 0.2) is 0 Å². The van der Waals surface area contributed by atoms with Gasteiger partial charge in [0.2, 0.25) is 0 Å². The lowest BCUT2D eigenvalue weighted by molar-refractivity contribution is 1.30. The Bertz CT molecular complexity index is 427. The Morgan fingerprint density at radius 1 is 1.38 bits per heavy atom. The Labute approximate surface area is 87.8 Å². The van der Waals surface area contributed by atoms with Crippen LogP contribution in [0, 0.1) is 0 Å². The van der Waals surface area contributed by atoms with Crippen molar-refractivity contribution in [2.45, 2.75) is 0 Å². The number of aromatic nitrogens is 2. The van der Waals surface area contributed by atoms with Crippen LogP contribution in [0.2, 0.25) is 0 Å². The van der Waals surface area contributed by atoms with Gasteiger partial charge in [0.05, 0.1) is 0 Å². The van der Waals surface area contributed by atoms with E-state index in [-0.39, 0.29) is 0 Å². The summed E-state index contributed by atoms with van der Waals surface area (Å²) in [6.45, 7) is 0. The maximum Gasteiger partial charge on any atom is 0.135 e. The second-order valence-electron chi connectivity index (χ2n) is 2.47. The van der Waals surface area contributed by atoms with Crippen LogP contribution < -0.4 is 5.73 Å². The number of nitrogen functional groups attached to an aromatic ring is 1. The first kappa shape index (κ1) is 8.65. The van der Waals surface area contributed by atoms with Gasteiger partial charge in [-0.1, -0.05) is 0 Å². The molecule has 0 saturated carbocycles. The summed E-state index contributed by atoms with van der Waals surface area (Å²) in [4.78, 5) is 8.21. The van der Waals surface area contributed by atoms with Crippen LogP contribution in [0.5, 0.6) is 0 Å². The van der Waals surface area contributed by atoms with Gasteiger partial charge in [-0.15, -0.1) is 11.3 Å². The van der Waals surface area contributed by atoms with Gasteiger partial charge in [-0.25, -0.2) is 4.98 Å². The molecule has 0 aliphatic heterocycles. The zero-order chi connectivity index (χ0) is 9.26. The predicted octanol–water partition coefficient (Wildman–Crippen LogP) is 2.55. The predicted molar refractivity (Wildman–Crippen MR) is 57.5 cm³/mol. The Morgan fingerprint density at radius 2 is 2.23 bits per heavy atom. The Hall–Kier alpha value is -0.940. The van der Waals surface area contributed by atoms with Crippen molar-refractivity contribution in [1.29, 1.82) is 0 Å². The summed E-state index contributed by atoms with van der Waals surface area (Å²) in [5, 5.41) is 2.71. The number of thiazole rings is 1. The van der Waals surface area contributed by atoms with Gasteiger partial charge in [-0.05, 0) is 22.0 Å². The van der Waals surface area contributed by atoms with E-state index >= 15 is 0 Å². The molecule has 3 nitrogen and oxygen atoms in total. The van der Waals surface area contributed by atoms with E-state index < -0.39 is 0 Å². The highest BCUT2D eigenvalue weighted by Crippen LogP contribution is 2.25. The molecule has 0 aliphatic carbocycles. The average Bonchev–Trinajstić information content (AvgIpc) is 2.52. The zero-order valence-corrected chi connectivity index (χ0v) is 8.97. The van der Waals surface area contributed by atoms with Crippen molar-refractivity contribution >= 4 is 33.1 Å². The molecule has 0 aliphatic rings. The average molecular weight is 256 g/mol. The molecule has 2 aromatic rings. The summed E-state index contributed by atoms with van der Waals surface area (Å²) in [6.07, 6.45) is 3.50. The standard InChI is InChI=1S/C8H6BrN3S/c9-6-1-5(2-11-3-6)8-12-7(10)4-13-8/h1-4H,10H2. The number of anilines is 1. The zero-order valence-electron chi connectivity index (χ0n) is 6.57. The van der Waals surface area contributed by atoms with Crippen molar-refractivity contribution < 1.29 is 0 Å². The molecule has 5 heteroatoms. The fraction of sp³-hybridized carbons (Fsp3) is 0. The van der Waals surface area contributed by atoms with Crippen molar-refractivity contribution in [2.75, 3.05) is 5.73 Å². The molecule has 0 atom stereocenters. The largest absolute Gasteiger partial charge is 0.383 e. The van der Waals surface area contributed by atoms with Gasteiger partial charge in [0, 0.05) is 27.8 Å². The van der Waals surface area contributed by atoms with Gasteiger partial charge < -0.3 is 5.73 Å². The number of nitrogens with two attached hydrogens (primary N) is 1. The molecule has 0 fully saturated rings. The Kier molecular flexibility index (Phi) is 2.28. The maximum absolute atomic E-state index is 5.52. The Morgan fingerprint density at radius 3 is 2.85 bits per heavy atom. The molecule has 2 heterocycles. The summed E-state index contributed by atoms with van der Waals surface area (Å²) < 4.78 is 0.943. The lowest BCUT2D eigenvalue weighted by Gasteiger charge is -1.94. The van der Waals surface area contributed by atoms with Crippen LogP contribution in [0.4, 0.5) is 5.82 Å². The molecule has 0 amide bonds. The van der Waals surface area contributed by atoms with Gasteiger partial charge in [-0.3, -0.25) is 4.98 Å². The van der Waals surface area contributed by atoms with Crippen LogP contribution >= 0.6 is 27.3 Å². The summed E-state index contributed by atoms with van der Waals surface area (Å²) in [6, 6.07) is 1.96. The van der Waals surface area contributed by atoms with E-state index in [0.29, 0.717) is 5.82 Å². The Balaban J connectivity index is 2.46. The normalized spacial score (nSPS) is 10.2. The molecule has 0 saturated heterocycles. The van der Waals surface area contributed by atoms with E-state index in [4.69, 9.17) is 5.73 Å². The lowest BCUT2D eigenvalue weighted by atomic mass is 10.3. The highest BCUT2D eigenvalue weighted by atomic mass is 79.9. The van der Waals surface area contributed by atoms with Crippen molar-refractivity contribution in [3.63, 3.8) is 0 Å². The lowest BCUT2D eigenvalue weighted by Crippen LogP contribution is -1.84. The number of halogens is 1. The van der Waals surface area contributed by atoms with Crippen LogP contribution in [0.15, 0.2) is 28.3 Å². The van der Waals surface area contributed by atoms with Crippen LogP contribution in [-0.2, 0) is 0 Å². The van der Waals surface area contributed by atoms with Crippen LogP contribution in [-0.4, -0.2) is 9.97 Å². The molecule has 0 bridgehead atoms. The number of pyridine rings is 1. The quantitative estimate of drug-likeness (QED) is 0.853. The molecule has 0 spiro atoms. The summed E-state index contributed by atoms with van der Waals surface area (Å²) in [5.74, 6) is 0.556. The second-order valence-corrected chi connectivity index (χ2v) is 4.24. The number of rotatable bonds is 1. The van der Waals surface area contributed by atoms with E-state index in [9.17, 15) is 0 Å². The highest BCUT2D eigenvalue weighted by molar-refractivity contribution is 9.10.